The van der Waals surface area contributed by atoms with Gasteiger partial charge in [-0.15, -0.1) is 0 Å². The van der Waals surface area contributed by atoms with Crippen LogP contribution in [-0.4, -0.2) is 18.2 Å². The van der Waals surface area contributed by atoms with Crippen LogP contribution in [0.4, 0.5) is 0 Å². The minimum absolute atomic E-state index is 0.302. The smallest absolute Gasteiger partial charge is 0.336 e. The van der Waals surface area contributed by atoms with Gasteiger partial charge in [-0.05, 0) is 30.5 Å². The van der Waals surface area contributed by atoms with E-state index >= 15 is 0 Å². The lowest BCUT2D eigenvalue weighted by Crippen LogP contribution is -1.98. The lowest BCUT2D eigenvalue weighted by atomic mass is 10.0. The van der Waals surface area contributed by atoms with E-state index in [2.05, 4.69) is 0 Å². The van der Waals surface area contributed by atoms with E-state index in [4.69, 9.17) is 9.84 Å². The zero-order valence-corrected chi connectivity index (χ0v) is 9.15. The molecule has 0 fully saturated rings. The first-order valence-corrected chi connectivity index (χ1v) is 4.94. The molecule has 82 valence electrons. The molecule has 2 rings (SSSR count). The Kier molecular flexibility index (Phi) is 2.52. The molecule has 0 aliphatic carbocycles. The molecular formula is C13H12O3. The average molecular weight is 216 g/mol. The summed E-state index contributed by atoms with van der Waals surface area (Å²) in [6.45, 7) is 1.96. The molecule has 0 saturated carbocycles. The maximum absolute atomic E-state index is 11.1. The molecule has 0 aromatic heterocycles. The molecule has 0 bridgehead atoms. The minimum Gasteiger partial charge on any atom is -0.496 e. The summed E-state index contributed by atoms with van der Waals surface area (Å²) in [6.07, 6.45) is 0. The third-order valence-corrected chi connectivity index (χ3v) is 2.58. The second kappa shape index (κ2) is 3.85. The number of ether oxygens (including phenoxy) is 1. The van der Waals surface area contributed by atoms with Crippen molar-refractivity contribution in [3.63, 3.8) is 0 Å². The minimum atomic E-state index is -0.920. The van der Waals surface area contributed by atoms with Crippen LogP contribution in [0.1, 0.15) is 15.9 Å². The largest absolute Gasteiger partial charge is 0.496 e. The first-order valence-electron chi connectivity index (χ1n) is 4.94. The summed E-state index contributed by atoms with van der Waals surface area (Å²) >= 11 is 0. The van der Waals surface area contributed by atoms with E-state index in [1.54, 1.807) is 19.2 Å². The van der Waals surface area contributed by atoms with Gasteiger partial charge in [0.1, 0.15) is 5.75 Å². The van der Waals surface area contributed by atoms with E-state index < -0.39 is 5.97 Å². The average Bonchev–Trinajstić information content (AvgIpc) is 2.27. The number of hydrogen-bond donors (Lipinski definition) is 1. The van der Waals surface area contributed by atoms with Crippen LogP contribution in [-0.2, 0) is 0 Å². The fourth-order valence-corrected chi connectivity index (χ4v) is 1.80. The molecule has 2 aromatic rings. The van der Waals surface area contributed by atoms with Gasteiger partial charge in [-0.3, -0.25) is 0 Å². The van der Waals surface area contributed by atoms with Gasteiger partial charge >= 0.3 is 5.97 Å². The Morgan fingerprint density at radius 1 is 1.19 bits per heavy atom. The number of hydrogen-bond acceptors (Lipinski definition) is 2. The molecule has 0 spiro atoms. The molecule has 16 heavy (non-hydrogen) atoms. The number of rotatable bonds is 2. The van der Waals surface area contributed by atoms with E-state index in [0.29, 0.717) is 16.7 Å². The van der Waals surface area contributed by atoms with E-state index in [9.17, 15) is 4.79 Å². The summed E-state index contributed by atoms with van der Waals surface area (Å²) in [5, 5.41) is 10.6. The highest BCUT2D eigenvalue weighted by molar-refractivity contribution is 6.05. The number of aryl methyl sites for hydroxylation is 1. The summed E-state index contributed by atoms with van der Waals surface area (Å²) in [4.78, 5) is 11.1. The Hall–Kier alpha value is -2.03. The topological polar surface area (TPSA) is 46.5 Å². The quantitative estimate of drug-likeness (QED) is 0.839. The number of benzene rings is 2. The van der Waals surface area contributed by atoms with Crippen molar-refractivity contribution < 1.29 is 14.6 Å². The lowest BCUT2D eigenvalue weighted by molar-refractivity contribution is 0.0699. The van der Waals surface area contributed by atoms with Crippen LogP contribution in [0, 0.1) is 6.92 Å². The van der Waals surface area contributed by atoms with Crippen molar-refractivity contribution in [1.29, 1.82) is 0 Å². The van der Waals surface area contributed by atoms with Crippen molar-refractivity contribution in [2.24, 2.45) is 0 Å². The molecule has 1 N–H and O–H groups in total. The second-order valence-electron chi connectivity index (χ2n) is 3.67. The normalized spacial score (nSPS) is 10.4. The summed E-state index contributed by atoms with van der Waals surface area (Å²) < 4.78 is 5.22. The van der Waals surface area contributed by atoms with Crippen LogP contribution in [0.25, 0.3) is 10.8 Å². The molecule has 0 aliphatic heterocycles. The predicted molar refractivity (Wildman–Crippen MR) is 62.2 cm³/mol. The van der Waals surface area contributed by atoms with Gasteiger partial charge in [0, 0.05) is 5.39 Å². The third kappa shape index (κ3) is 1.60. The highest BCUT2D eigenvalue weighted by atomic mass is 16.5. The van der Waals surface area contributed by atoms with Crippen LogP contribution >= 0.6 is 0 Å². The van der Waals surface area contributed by atoms with Gasteiger partial charge < -0.3 is 9.84 Å². The second-order valence-corrected chi connectivity index (χ2v) is 3.67. The maximum atomic E-state index is 11.1. The molecule has 0 atom stereocenters. The molecule has 3 heteroatoms. The van der Waals surface area contributed by atoms with Crippen LogP contribution in [0.5, 0.6) is 5.75 Å². The van der Waals surface area contributed by atoms with Crippen molar-refractivity contribution in [1.82, 2.24) is 0 Å². The van der Waals surface area contributed by atoms with Gasteiger partial charge in [0.25, 0.3) is 0 Å². The van der Waals surface area contributed by atoms with E-state index in [0.717, 1.165) is 10.9 Å². The third-order valence-electron chi connectivity index (χ3n) is 2.58. The molecule has 2 aromatic carbocycles. The number of fused-ring (bicyclic) bond motifs is 1. The highest BCUT2D eigenvalue weighted by Gasteiger charge is 2.11. The van der Waals surface area contributed by atoms with E-state index in [-0.39, 0.29) is 0 Å². The van der Waals surface area contributed by atoms with Crippen LogP contribution in [0.15, 0.2) is 30.3 Å². The van der Waals surface area contributed by atoms with Gasteiger partial charge in [0.2, 0.25) is 0 Å². The van der Waals surface area contributed by atoms with Gasteiger partial charge in [-0.25, -0.2) is 4.79 Å². The van der Waals surface area contributed by atoms with Gasteiger partial charge in [-0.2, -0.15) is 0 Å². The van der Waals surface area contributed by atoms with Crippen LogP contribution < -0.4 is 4.74 Å². The zero-order chi connectivity index (χ0) is 11.7. The standard InChI is InChI=1S/C13H12O3/c1-8-3-4-9-10(13(14)15)5-6-12(16-2)11(9)7-8/h3-7H,1-2H3,(H,14,15). The zero-order valence-electron chi connectivity index (χ0n) is 9.15. The molecule has 0 heterocycles. The van der Waals surface area contributed by atoms with Crippen molar-refractivity contribution in [2.45, 2.75) is 6.92 Å². The highest BCUT2D eigenvalue weighted by Crippen LogP contribution is 2.29. The Balaban J connectivity index is 2.85. The van der Waals surface area contributed by atoms with Gasteiger partial charge in [-0.1, -0.05) is 17.7 Å². The fourth-order valence-electron chi connectivity index (χ4n) is 1.80. The molecule has 0 unspecified atom stereocenters. The summed E-state index contributed by atoms with van der Waals surface area (Å²) in [5.41, 5.74) is 1.38. The number of methoxy groups -OCH3 is 1. The summed E-state index contributed by atoms with van der Waals surface area (Å²) in [6, 6.07) is 8.90. The van der Waals surface area contributed by atoms with Crippen LogP contribution in [0.3, 0.4) is 0 Å². The number of carboxylic acids is 1. The first kappa shape index (κ1) is 10.5. The van der Waals surface area contributed by atoms with Crippen molar-refractivity contribution in [2.75, 3.05) is 7.11 Å². The maximum Gasteiger partial charge on any atom is 0.336 e. The number of carboxylic acid groups (broad SMARTS) is 1. The Labute approximate surface area is 93.3 Å². The Morgan fingerprint density at radius 3 is 2.56 bits per heavy atom. The van der Waals surface area contributed by atoms with E-state index in [1.165, 1.54) is 0 Å². The van der Waals surface area contributed by atoms with Crippen molar-refractivity contribution in [3.8, 4) is 5.75 Å². The molecular weight excluding hydrogens is 204 g/mol. The molecule has 3 nitrogen and oxygen atoms in total. The molecule has 0 aliphatic rings. The van der Waals surface area contributed by atoms with Crippen molar-refractivity contribution in [3.05, 3.63) is 41.5 Å². The Bertz CT molecular complexity index is 558. The monoisotopic (exact) mass is 216 g/mol. The fraction of sp³-hybridized carbons (Fsp3) is 0.154. The summed E-state index contributed by atoms with van der Waals surface area (Å²) in [7, 11) is 1.58. The predicted octanol–water partition coefficient (Wildman–Crippen LogP) is 2.86. The van der Waals surface area contributed by atoms with Crippen molar-refractivity contribution >= 4 is 16.7 Å². The number of carbonyl (C=O) groups is 1. The summed E-state index contributed by atoms with van der Waals surface area (Å²) in [5.74, 6) is -0.222. The van der Waals surface area contributed by atoms with Gasteiger partial charge in [0.15, 0.2) is 0 Å². The Morgan fingerprint density at radius 2 is 1.94 bits per heavy atom. The molecule has 0 amide bonds. The SMILES string of the molecule is COc1ccc(C(=O)O)c2ccc(C)cc12. The van der Waals surface area contributed by atoms with Gasteiger partial charge in [0.05, 0.1) is 12.7 Å². The molecule has 0 radical (unpaired) electrons. The lowest BCUT2D eigenvalue weighted by Gasteiger charge is -2.08. The first-order chi connectivity index (χ1) is 7.63. The molecule has 0 saturated heterocycles. The number of aromatic carboxylic acids is 1. The van der Waals surface area contributed by atoms with Crippen LogP contribution in [0.2, 0.25) is 0 Å². The van der Waals surface area contributed by atoms with E-state index in [1.807, 2.05) is 25.1 Å².